The molecule has 156 valence electrons. The molecule has 6 nitrogen and oxygen atoms in total. The summed E-state index contributed by atoms with van der Waals surface area (Å²) in [6.45, 7) is 10.8. The average Bonchev–Trinajstić information content (AvgIpc) is 2.85. The number of hydrogen-bond acceptors (Lipinski definition) is 5. The molecule has 1 aromatic carbocycles. The van der Waals surface area contributed by atoms with Gasteiger partial charge in [-0.2, -0.15) is 0 Å². The van der Waals surface area contributed by atoms with Crippen LogP contribution in [0, 0.1) is 5.82 Å². The van der Waals surface area contributed by atoms with Gasteiger partial charge in [-0.05, 0) is 31.0 Å². The van der Waals surface area contributed by atoms with Gasteiger partial charge in [0.05, 0.1) is 12.3 Å². The summed E-state index contributed by atoms with van der Waals surface area (Å²) in [6.07, 6.45) is 0.411. The van der Waals surface area contributed by atoms with Crippen LogP contribution in [-0.2, 0) is 20.0 Å². The van der Waals surface area contributed by atoms with E-state index in [2.05, 4.69) is 17.1 Å². The van der Waals surface area contributed by atoms with E-state index in [1.807, 2.05) is 13.8 Å². The highest BCUT2D eigenvalue weighted by Crippen LogP contribution is 2.42. The zero-order valence-corrected chi connectivity index (χ0v) is 17.9. The Morgan fingerprint density at radius 2 is 2.07 bits per heavy atom. The fourth-order valence-electron chi connectivity index (χ4n) is 4.15. The van der Waals surface area contributed by atoms with Gasteiger partial charge >= 0.3 is 0 Å². The largest absolute Gasteiger partial charge is 0.312 e. The molecule has 1 atom stereocenters. The van der Waals surface area contributed by atoms with Crippen LogP contribution in [0.25, 0.3) is 0 Å². The van der Waals surface area contributed by atoms with Crippen LogP contribution in [-0.4, -0.2) is 63.7 Å². The maximum atomic E-state index is 14.7. The van der Waals surface area contributed by atoms with Gasteiger partial charge < -0.3 is 10.2 Å². The predicted octanol–water partition coefficient (Wildman–Crippen LogP) is 1.93. The van der Waals surface area contributed by atoms with E-state index in [1.165, 1.54) is 12.1 Å². The Morgan fingerprint density at radius 1 is 1.36 bits per heavy atom. The Hall–Kier alpha value is -1.51. The van der Waals surface area contributed by atoms with Crippen LogP contribution in [0.5, 0.6) is 0 Å². The van der Waals surface area contributed by atoms with Crippen molar-refractivity contribution in [3.05, 3.63) is 23.5 Å². The standard InChI is InChI=1S/C20H30FN3O3S/c1-5-8-28(26,27)18-10-17-15(9-16(18)21)20(3,4)13-24(17)19(25)12-23-7-6-22-14(2)11-23/h9-10,14,22H,5-8,11-13H2,1-4H3. The minimum atomic E-state index is -3.72. The minimum absolute atomic E-state index is 0.0774. The number of fused-ring (bicyclic) bond motifs is 1. The summed E-state index contributed by atoms with van der Waals surface area (Å²) in [6, 6.07) is 2.99. The first kappa shape index (κ1) is 21.2. The molecule has 0 aromatic heterocycles. The van der Waals surface area contributed by atoms with Crippen molar-refractivity contribution in [2.75, 3.05) is 43.4 Å². The maximum absolute atomic E-state index is 14.7. The number of hydrogen-bond donors (Lipinski definition) is 1. The molecule has 1 N–H and O–H groups in total. The lowest BCUT2D eigenvalue weighted by atomic mass is 9.87. The van der Waals surface area contributed by atoms with Gasteiger partial charge in [-0.3, -0.25) is 9.69 Å². The number of piperazine rings is 1. The number of anilines is 1. The number of carbonyl (C=O) groups is 1. The van der Waals surface area contributed by atoms with Crippen LogP contribution in [0.1, 0.15) is 39.7 Å². The van der Waals surface area contributed by atoms with Crippen molar-refractivity contribution < 1.29 is 17.6 Å². The van der Waals surface area contributed by atoms with Gasteiger partial charge in [0.25, 0.3) is 0 Å². The highest BCUT2D eigenvalue weighted by atomic mass is 32.2. The van der Waals surface area contributed by atoms with Crippen molar-refractivity contribution in [2.45, 2.75) is 50.5 Å². The van der Waals surface area contributed by atoms with E-state index in [0.29, 0.717) is 30.3 Å². The molecule has 0 bridgehead atoms. The number of amides is 1. The lowest BCUT2D eigenvalue weighted by molar-refractivity contribution is -0.120. The molecule has 1 aromatic rings. The molecule has 2 aliphatic heterocycles. The van der Waals surface area contributed by atoms with Gasteiger partial charge in [-0.15, -0.1) is 0 Å². The van der Waals surface area contributed by atoms with E-state index in [4.69, 9.17) is 0 Å². The normalized spacial score (nSPS) is 22.3. The predicted molar refractivity (Wildman–Crippen MR) is 108 cm³/mol. The number of nitrogens with zero attached hydrogens (tertiary/aromatic N) is 2. The molecule has 1 saturated heterocycles. The highest BCUT2D eigenvalue weighted by molar-refractivity contribution is 7.91. The van der Waals surface area contributed by atoms with E-state index in [0.717, 1.165) is 19.6 Å². The Bertz CT molecular complexity index is 870. The summed E-state index contributed by atoms with van der Waals surface area (Å²) in [5.41, 5.74) is 0.770. The smallest absolute Gasteiger partial charge is 0.241 e. The van der Waals surface area contributed by atoms with Gasteiger partial charge in [-0.1, -0.05) is 20.8 Å². The second-order valence-corrected chi connectivity index (χ2v) is 10.7. The van der Waals surface area contributed by atoms with Gasteiger partial charge in [0.1, 0.15) is 10.7 Å². The fourth-order valence-corrected chi connectivity index (χ4v) is 5.55. The van der Waals surface area contributed by atoms with Crippen LogP contribution in [0.2, 0.25) is 0 Å². The molecular formula is C20H30FN3O3S. The number of benzene rings is 1. The number of carbonyl (C=O) groups excluding carboxylic acids is 1. The van der Waals surface area contributed by atoms with Gasteiger partial charge in [0.2, 0.25) is 5.91 Å². The first-order valence-corrected chi connectivity index (χ1v) is 11.5. The van der Waals surface area contributed by atoms with Gasteiger partial charge in [0.15, 0.2) is 9.84 Å². The number of rotatable bonds is 5. The molecule has 0 radical (unpaired) electrons. The Kier molecular flexibility index (Phi) is 5.85. The van der Waals surface area contributed by atoms with Crippen LogP contribution in [0.3, 0.4) is 0 Å². The Morgan fingerprint density at radius 3 is 2.71 bits per heavy atom. The molecule has 1 amide bonds. The van der Waals surface area contributed by atoms with Crippen LogP contribution in [0.4, 0.5) is 10.1 Å². The monoisotopic (exact) mass is 411 g/mol. The first-order chi connectivity index (χ1) is 13.0. The second-order valence-electron chi connectivity index (χ2n) is 8.57. The quantitative estimate of drug-likeness (QED) is 0.802. The van der Waals surface area contributed by atoms with Gasteiger partial charge in [-0.25, -0.2) is 12.8 Å². The molecule has 3 rings (SSSR count). The van der Waals surface area contributed by atoms with E-state index in [1.54, 1.807) is 11.8 Å². The summed E-state index contributed by atoms with van der Waals surface area (Å²) in [5, 5.41) is 3.35. The second kappa shape index (κ2) is 7.72. The topological polar surface area (TPSA) is 69.7 Å². The number of nitrogens with one attached hydrogen (secondary N) is 1. The summed E-state index contributed by atoms with van der Waals surface area (Å²) in [4.78, 5) is 16.5. The highest BCUT2D eigenvalue weighted by Gasteiger charge is 2.40. The molecule has 2 heterocycles. The first-order valence-electron chi connectivity index (χ1n) is 9.88. The van der Waals surface area contributed by atoms with Gasteiger partial charge in [0, 0.05) is 43.3 Å². The molecule has 0 saturated carbocycles. The third kappa shape index (κ3) is 4.09. The van der Waals surface area contributed by atoms with E-state index >= 15 is 0 Å². The number of halogens is 1. The zero-order valence-electron chi connectivity index (χ0n) is 17.1. The molecule has 0 aliphatic carbocycles. The van der Waals surface area contributed by atoms with Crippen LogP contribution in [0.15, 0.2) is 17.0 Å². The molecule has 2 aliphatic rings. The molecule has 1 unspecified atom stereocenters. The van der Waals surface area contributed by atoms with Crippen molar-refractivity contribution in [2.24, 2.45) is 0 Å². The summed E-state index contributed by atoms with van der Waals surface area (Å²) in [5.74, 6) is -0.921. The number of sulfone groups is 1. The van der Waals surface area contributed by atoms with Crippen LogP contribution >= 0.6 is 0 Å². The Balaban J connectivity index is 1.93. The van der Waals surface area contributed by atoms with Crippen molar-refractivity contribution in [1.29, 1.82) is 0 Å². The molecule has 1 fully saturated rings. The third-order valence-electron chi connectivity index (χ3n) is 5.54. The third-order valence-corrected chi connectivity index (χ3v) is 7.47. The molecular weight excluding hydrogens is 381 g/mol. The molecule has 8 heteroatoms. The SMILES string of the molecule is CCCS(=O)(=O)c1cc2c(cc1F)C(C)(C)CN2C(=O)CN1CCNC(C)C1. The summed E-state index contributed by atoms with van der Waals surface area (Å²) < 4.78 is 39.6. The average molecular weight is 412 g/mol. The Labute approximate surface area is 167 Å². The van der Waals surface area contributed by atoms with E-state index < -0.39 is 21.1 Å². The maximum Gasteiger partial charge on any atom is 0.241 e. The van der Waals surface area contributed by atoms with E-state index in [9.17, 15) is 17.6 Å². The zero-order chi connectivity index (χ0) is 20.7. The van der Waals surface area contributed by atoms with Crippen molar-refractivity contribution in [3.63, 3.8) is 0 Å². The van der Waals surface area contributed by atoms with Crippen LogP contribution < -0.4 is 10.2 Å². The molecule has 28 heavy (non-hydrogen) atoms. The van der Waals surface area contributed by atoms with E-state index in [-0.39, 0.29) is 23.1 Å². The summed E-state index contributed by atoms with van der Waals surface area (Å²) >= 11 is 0. The lowest BCUT2D eigenvalue weighted by Crippen LogP contribution is -2.52. The minimum Gasteiger partial charge on any atom is -0.312 e. The fraction of sp³-hybridized carbons (Fsp3) is 0.650. The van der Waals surface area contributed by atoms with Crippen molar-refractivity contribution in [3.8, 4) is 0 Å². The van der Waals surface area contributed by atoms with Crippen molar-refractivity contribution >= 4 is 21.4 Å². The summed E-state index contributed by atoms with van der Waals surface area (Å²) in [7, 11) is -3.72. The molecule has 0 spiro atoms. The van der Waals surface area contributed by atoms with Crippen molar-refractivity contribution in [1.82, 2.24) is 10.2 Å². The lowest BCUT2D eigenvalue weighted by Gasteiger charge is -2.32.